The van der Waals surface area contributed by atoms with E-state index in [9.17, 15) is 19.2 Å². The maximum absolute atomic E-state index is 14.3. The molecule has 0 saturated carbocycles. The lowest BCUT2D eigenvalue weighted by Crippen LogP contribution is -2.07. The number of para-hydroxylation sites is 2. The number of benzene rings is 14. The van der Waals surface area contributed by atoms with Crippen molar-refractivity contribution in [2.45, 2.75) is 26.4 Å². The maximum atomic E-state index is 14.3. The molecule has 16 nitrogen and oxygen atoms in total. The third kappa shape index (κ3) is 14.3. The Morgan fingerprint density at radius 2 is 0.561 bits per heavy atom. The molecule has 0 bridgehead atoms. The topological polar surface area (TPSA) is 167 Å². The minimum absolute atomic E-state index is 0.0289. The Hall–Kier alpha value is -16.0. The van der Waals surface area contributed by atoms with Gasteiger partial charge in [0.1, 0.15) is 26.4 Å². The summed E-state index contributed by atoms with van der Waals surface area (Å²) in [5, 5.41) is 2.38. The molecule has 0 fully saturated rings. The quantitative estimate of drug-likeness (QED) is 0.0405. The largest absolute Gasteiger partial charge is 0.457 e. The normalized spacial score (nSPS) is 11.1. The number of carbonyl (C=O) groups is 4. The molecular formula is C98H62N8O8. The standard InChI is InChI=1S/C98H62N8O8/c1-99-75-44-36-67(37-45-75)66-32-34-68(35-33-66)92-102-93(78-46-38-69(76-28-16-18-30-84(76)100-2)56-90(78)105-86-48-40-71(95(107)111-58-62-20-8-4-9-21-62)52-80(86)81-53-72(41-49-87(81)105)96(108)112-59-63-22-10-5-11-23-63)104-94(103-92)79-47-39-70(77-29-17-19-31-85(77)101-3)57-91(79)106-88-50-42-73(97(109)113-60-64-24-12-6-13-25-64)54-82(88)83-55-74(43-51-89(83)106)98(110)114-61-65-26-14-7-15-27-65/h4-57H,58-61H2. The first-order valence-corrected chi connectivity index (χ1v) is 36.6. The molecule has 0 unspecified atom stereocenters. The summed E-state index contributed by atoms with van der Waals surface area (Å²) in [6.07, 6.45) is 0. The fourth-order valence-electron chi connectivity index (χ4n) is 14.4. The molecule has 542 valence electrons. The van der Waals surface area contributed by atoms with E-state index in [1.807, 2.05) is 264 Å². The smallest absolute Gasteiger partial charge is 0.338 e. The molecular weight excluding hydrogens is 1420 g/mol. The van der Waals surface area contributed by atoms with Crippen molar-refractivity contribution in [1.82, 2.24) is 24.1 Å². The van der Waals surface area contributed by atoms with Gasteiger partial charge in [0.25, 0.3) is 0 Å². The lowest BCUT2D eigenvalue weighted by molar-refractivity contribution is 0.0464. The van der Waals surface area contributed by atoms with E-state index in [2.05, 4.69) is 14.5 Å². The van der Waals surface area contributed by atoms with Crippen LogP contribution in [-0.4, -0.2) is 48.0 Å². The highest BCUT2D eigenvalue weighted by molar-refractivity contribution is 6.15. The fraction of sp³-hybridized carbons (Fsp3) is 0.0408. The van der Waals surface area contributed by atoms with Gasteiger partial charge in [-0.2, -0.15) is 0 Å². The molecule has 0 aliphatic heterocycles. The molecule has 0 radical (unpaired) electrons. The van der Waals surface area contributed by atoms with Gasteiger partial charge in [-0.3, -0.25) is 0 Å². The first-order valence-electron chi connectivity index (χ1n) is 36.6. The average Bonchev–Trinajstić information content (AvgIpc) is 1.59. The van der Waals surface area contributed by atoms with Crippen LogP contribution in [0.15, 0.2) is 328 Å². The minimum atomic E-state index is -0.563. The fourth-order valence-corrected chi connectivity index (χ4v) is 14.4. The van der Waals surface area contributed by atoms with Crippen molar-refractivity contribution in [2.75, 3.05) is 0 Å². The van der Waals surface area contributed by atoms with Gasteiger partial charge in [0.05, 0.1) is 75.4 Å². The van der Waals surface area contributed by atoms with Crippen molar-refractivity contribution in [3.05, 3.63) is 406 Å². The van der Waals surface area contributed by atoms with Crippen molar-refractivity contribution >= 4 is 84.6 Å². The maximum Gasteiger partial charge on any atom is 0.338 e. The number of rotatable bonds is 20. The predicted molar refractivity (Wildman–Crippen MR) is 442 cm³/mol. The first kappa shape index (κ1) is 71.0. The van der Waals surface area contributed by atoms with Crippen LogP contribution in [0.4, 0.5) is 17.1 Å². The Bertz CT molecular complexity index is 6200. The molecule has 17 aromatic rings. The summed E-state index contributed by atoms with van der Waals surface area (Å²) in [5.74, 6) is -1.57. The molecule has 0 saturated heterocycles. The van der Waals surface area contributed by atoms with Gasteiger partial charge in [0.15, 0.2) is 34.5 Å². The Balaban J connectivity index is 0.904. The molecule has 0 aliphatic rings. The molecule has 0 aliphatic carbocycles. The summed E-state index contributed by atoms with van der Waals surface area (Å²) in [6, 6.07) is 101. The van der Waals surface area contributed by atoms with Gasteiger partial charge < -0.3 is 28.1 Å². The van der Waals surface area contributed by atoms with Gasteiger partial charge in [0.2, 0.25) is 0 Å². The van der Waals surface area contributed by atoms with E-state index < -0.39 is 23.9 Å². The zero-order chi connectivity index (χ0) is 77.6. The van der Waals surface area contributed by atoms with E-state index in [1.54, 1.807) is 72.8 Å². The van der Waals surface area contributed by atoms with Crippen molar-refractivity contribution in [3.63, 3.8) is 0 Å². The predicted octanol–water partition coefficient (Wildman–Crippen LogP) is 23.1. The van der Waals surface area contributed by atoms with E-state index in [-0.39, 0.29) is 66.2 Å². The Morgan fingerprint density at radius 1 is 0.272 bits per heavy atom. The highest BCUT2D eigenvalue weighted by atomic mass is 16.5. The molecule has 3 heterocycles. The Labute approximate surface area is 654 Å². The third-order valence-electron chi connectivity index (χ3n) is 20.1. The zero-order valence-electron chi connectivity index (χ0n) is 60.8. The zero-order valence-corrected chi connectivity index (χ0v) is 60.8. The van der Waals surface area contributed by atoms with Crippen LogP contribution >= 0.6 is 0 Å². The highest BCUT2D eigenvalue weighted by Crippen LogP contribution is 2.45. The lowest BCUT2D eigenvalue weighted by Gasteiger charge is -2.19. The molecule has 0 N–H and O–H groups in total. The van der Waals surface area contributed by atoms with Crippen molar-refractivity contribution in [1.29, 1.82) is 0 Å². The molecule has 0 atom stereocenters. The number of aromatic nitrogens is 5. The molecule has 16 heteroatoms. The summed E-state index contributed by atoms with van der Waals surface area (Å²) in [5.41, 5.74) is 15.2. The number of esters is 4. The monoisotopic (exact) mass is 1480 g/mol. The van der Waals surface area contributed by atoms with E-state index in [4.69, 9.17) is 53.6 Å². The summed E-state index contributed by atoms with van der Waals surface area (Å²) >= 11 is 0. The van der Waals surface area contributed by atoms with Crippen molar-refractivity contribution in [3.8, 4) is 78.9 Å². The third-order valence-corrected chi connectivity index (χ3v) is 20.1. The van der Waals surface area contributed by atoms with Crippen LogP contribution in [0, 0.1) is 19.7 Å². The first-order chi connectivity index (χ1) is 56.0. The summed E-state index contributed by atoms with van der Waals surface area (Å²) in [7, 11) is 0. The molecule has 0 amide bonds. The summed E-state index contributed by atoms with van der Waals surface area (Å²) in [4.78, 5) is 85.5. The van der Waals surface area contributed by atoms with Gasteiger partial charge in [-0.25, -0.2) is 48.7 Å². The van der Waals surface area contributed by atoms with Crippen LogP contribution in [-0.2, 0) is 45.4 Å². The van der Waals surface area contributed by atoms with E-state index >= 15 is 0 Å². The van der Waals surface area contributed by atoms with Crippen LogP contribution in [0.1, 0.15) is 63.7 Å². The number of nitrogens with zero attached hydrogens (tertiary/aromatic N) is 8. The van der Waals surface area contributed by atoms with Crippen molar-refractivity contribution in [2.24, 2.45) is 0 Å². The summed E-state index contributed by atoms with van der Waals surface area (Å²) < 4.78 is 27.9. The highest BCUT2D eigenvalue weighted by Gasteiger charge is 2.27. The van der Waals surface area contributed by atoms with Crippen LogP contribution in [0.3, 0.4) is 0 Å². The number of carbonyl (C=O) groups excluding carboxylic acids is 4. The van der Waals surface area contributed by atoms with Crippen LogP contribution in [0.2, 0.25) is 0 Å². The second-order valence-electron chi connectivity index (χ2n) is 27.1. The molecule has 0 spiro atoms. The Kier molecular flexibility index (Phi) is 19.5. The molecule has 3 aromatic heterocycles. The number of fused-ring (bicyclic) bond motifs is 6. The van der Waals surface area contributed by atoms with Gasteiger partial charge in [-0.05, 0) is 153 Å². The van der Waals surface area contributed by atoms with Gasteiger partial charge in [-0.15, -0.1) is 0 Å². The molecule has 14 aromatic carbocycles. The summed E-state index contributed by atoms with van der Waals surface area (Å²) in [6.45, 7) is 24.6. The van der Waals surface area contributed by atoms with Gasteiger partial charge in [-0.1, -0.05) is 231 Å². The van der Waals surface area contributed by atoms with Crippen LogP contribution < -0.4 is 0 Å². The van der Waals surface area contributed by atoms with Crippen LogP contribution in [0.25, 0.3) is 137 Å². The van der Waals surface area contributed by atoms with Crippen LogP contribution in [0.5, 0.6) is 0 Å². The van der Waals surface area contributed by atoms with E-state index in [0.717, 1.165) is 33.4 Å². The SMILES string of the molecule is [C-]#[N+]c1ccc(-c2ccc(-c3nc(-c4ccc(-c5ccccc5[N+]#[C-])cc4-n4c5ccc(C(=O)OCc6ccccc6)cc5c5cc(C(=O)OCc6ccccc6)ccc54)nc(-c4ccc(-c5ccccc5[N+]#[C-])cc4-n4c5ccc(C(=O)OCc6ccccc6)cc5c5cc(C(=O)OCc6ccccc6)ccc54)n3)cc2)cc1. The second kappa shape index (κ2) is 31.3. The molecule has 17 rings (SSSR count). The number of hydrogen-bond acceptors (Lipinski definition) is 11. The number of hydrogen-bond donors (Lipinski definition) is 0. The lowest BCUT2D eigenvalue weighted by atomic mass is 9.99. The van der Waals surface area contributed by atoms with E-state index in [1.165, 1.54) is 0 Å². The molecule has 114 heavy (non-hydrogen) atoms. The average molecular weight is 1480 g/mol. The van der Waals surface area contributed by atoms with E-state index in [0.29, 0.717) is 111 Å². The van der Waals surface area contributed by atoms with Gasteiger partial charge in [0, 0.05) is 38.2 Å². The minimum Gasteiger partial charge on any atom is -0.457 e. The number of ether oxygens (including phenoxy) is 4. The second-order valence-corrected chi connectivity index (χ2v) is 27.1. The Morgan fingerprint density at radius 3 is 0.886 bits per heavy atom. The van der Waals surface area contributed by atoms with Crippen molar-refractivity contribution < 1.29 is 38.1 Å². The van der Waals surface area contributed by atoms with Gasteiger partial charge >= 0.3 is 23.9 Å².